The Morgan fingerprint density at radius 3 is 2.57 bits per heavy atom. The monoisotopic (exact) mass is 388 g/mol. The number of piperazine rings is 1. The van der Waals surface area contributed by atoms with Gasteiger partial charge in [0, 0.05) is 57.7 Å². The Balaban J connectivity index is 1.46. The van der Waals surface area contributed by atoms with Crippen LogP contribution in [0.4, 0.5) is 5.95 Å². The number of amides is 2. The van der Waals surface area contributed by atoms with Crippen LogP contribution >= 0.6 is 0 Å². The fraction of sp³-hybridized carbons (Fsp3) is 0.700. The molecular formula is C20H32N6O2. The molecule has 3 heterocycles. The van der Waals surface area contributed by atoms with Crippen LogP contribution in [0.15, 0.2) is 18.5 Å². The van der Waals surface area contributed by atoms with Crippen molar-refractivity contribution in [2.45, 2.75) is 39.2 Å². The van der Waals surface area contributed by atoms with Gasteiger partial charge in [-0.05, 0) is 32.3 Å². The number of carbonyl (C=O) groups excluding carboxylic acids is 2. The van der Waals surface area contributed by atoms with Crippen LogP contribution in [0.5, 0.6) is 0 Å². The van der Waals surface area contributed by atoms with Crippen molar-refractivity contribution < 1.29 is 9.59 Å². The lowest BCUT2D eigenvalue weighted by atomic mass is 9.96. The van der Waals surface area contributed by atoms with Gasteiger partial charge in [0.25, 0.3) is 0 Å². The summed E-state index contributed by atoms with van der Waals surface area (Å²) in [6.07, 6.45) is 6.30. The van der Waals surface area contributed by atoms with Crippen molar-refractivity contribution in [1.29, 1.82) is 0 Å². The third-order valence-corrected chi connectivity index (χ3v) is 5.68. The maximum Gasteiger partial charge on any atom is 0.234 e. The second kappa shape index (κ2) is 9.82. The summed E-state index contributed by atoms with van der Waals surface area (Å²) < 4.78 is 0. The number of carbonyl (C=O) groups is 2. The minimum Gasteiger partial charge on any atom is -0.353 e. The fourth-order valence-corrected chi connectivity index (χ4v) is 3.83. The van der Waals surface area contributed by atoms with Crippen LogP contribution in [0.25, 0.3) is 0 Å². The largest absolute Gasteiger partial charge is 0.353 e. The van der Waals surface area contributed by atoms with Gasteiger partial charge in [-0.25, -0.2) is 9.97 Å². The van der Waals surface area contributed by atoms with Gasteiger partial charge in [0.15, 0.2) is 0 Å². The molecule has 0 aromatic carbocycles. The van der Waals surface area contributed by atoms with E-state index in [4.69, 9.17) is 0 Å². The van der Waals surface area contributed by atoms with Crippen LogP contribution in [-0.4, -0.2) is 83.4 Å². The van der Waals surface area contributed by atoms with Crippen LogP contribution < -0.4 is 10.2 Å². The SMILES string of the molecule is CCC(C)NC(=O)CN1CCN(C(=O)C2CCCN(c3ncccn3)C2)CC1. The molecule has 0 bridgehead atoms. The summed E-state index contributed by atoms with van der Waals surface area (Å²) >= 11 is 0. The maximum atomic E-state index is 13.0. The van der Waals surface area contributed by atoms with Crippen molar-refractivity contribution >= 4 is 17.8 Å². The molecule has 2 fully saturated rings. The van der Waals surface area contributed by atoms with Gasteiger partial charge in [-0.1, -0.05) is 6.92 Å². The second-order valence-corrected chi connectivity index (χ2v) is 7.81. The molecule has 2 amide bonds. The highest BCUT2D eigenvalue weighted by Crippen LogP contribution is 2.22. The molecule has 0 radical (unpaired) electrons. The van der Waals surface area contributed by atoms with Crippen LogP contribution in [0.1, 0.15) is 33.1 Å². The van der Waals surface area contributed by atoms with Crippen molar-refractivity contribution in [3.05, 3.63) is 18.5 Å². The van der Waals surface area contributed by atoms with Crippen molar-refractivity contribution in [1.82, 2.24) is 25.1 Å². The van der Waals surface area contributed by atoms with Crippen LogP contribution in [0, 0.1) is 5.92 Å². The Bertz CT molecular complexity index is 647. The van der Waals surface area contributed by atoms with Gasteiger partial charge in [-0.2, -0.15) is 0 Å². The molecule has 2 saturated heterocycles. The van der Waals surface area contributed by atoms with E-state index < -0.39 is 0 Å². The lowest BCUT2D eigenvalue weighted by Gasteiger charge is -2.38. The van der Waals surface area contributed by atoms with E-state index in [1.807, 2.05) is 11.8 Å². The van der Waals surface area contributed by atoms with E-state index in [-0.39, 0.29) is 23.8 Å². The average Bonchev–Trinajstić information content (AvgIpc) is 2.74. The molecule has 154 valence electrons. The normalized spacial score (nSPS) is 22.0. The predicted octanol–water partition coefficient (Wildman–Crippen LogP) is 0.752. The first-order chi connectivity index (χ1) is 13.6. The fourth-order valence-electron chi connectivity index (χ4n) is 3.83. The first-order valence-corrected chi connectivity index (χ1v) is 10.4. The number of nitrogens with one attached hydrogen (secondary N) is 1. The smallest absolute Gasteiger partial charge is 0.234 e. The number of piperidine rings is 1. The van der Waals surface area contributed by atoms with Crippen molar-refractivity contribution in [3.63, 3.8) is 0 Å². The highest BCUT2D eigenvalue weighted by atomic mass is 16.2. The van der Waals surface area contributed by atoms with Crippen LogP contribution in [0.3, 0.4) is 0 Å². The molecule has 1 N–H and O–H groups in total. The minimum absolute atomic E-state index is 0.00203. The molecule has 2 unspecified atom stereocenters. The van der Waals surface area contributed by atoms with Gasteiger partial charge in [0.2, 0.25) is 17.8 Å². The summed E-state index contributed by atoms with van der Waals surface area (Å²) in [6, 6.07) is 2.01. The third-order valence-electron chi connectivity index (χ3n) is 5.68. The Morgan fingerprint density at radius 1 is 1.18 bits per heavy atom. The summed E-state index contributed by atoms with van der Waals surface area (Å²) in [5.41, 5.74) is 0. The number of rotatable bonds is 6. The molecule has 3 rings (SSSR count). The van der Waals surface area contributed by atoms with Gasteiger partial charge < -0.3 is 15.1 Å². The van der Waals surface area contributed by atoms with Gasteiger partial charge in [0.1, 0.15) is 0 Å². The van der Waals surface area contributed by atoms with E-state index in [0.29, 0.717) is 32.1 Å². The number of nitrogens with zero attached hydrogens (tertiary/aromatic N) is 5. The van der Waals surface area contributed by atoms with Gasteiger partial charge in [0.05, 0.1) is 12.5 Å². The zero-order chi connectivity index (χ0) is 19.9. The molecule has 2 atom stereocenters. The van der Waals surface area contributed by atoms with E-state index in [2.05, 4.69) is 32.0 Å². The molecule has 8 nitrogen and oxygen atoms in total. The highest BCUT2D eigenvalue weighted by Gasteiger charge is 2.32. The number of hydrogen-bond donors (Lipinski definition) is 1. The summed E-state index contributed by atoms with van der Waals surface area (Å²) in [5.74, 6) is 0.999. The molecule has 0 spiro atoms. The standard InChI is InChI=1S/C20H32N6O2/c1-3-16(2)23-18(27)15-24-10-12-25(13-11-24)19(28)17-6-4-9-26(14-17)20-21-7-5-8-22-20/h5,7-8,16-17H,3-4,6,9-15H2,1-2H3,(H,23,27). The Labute approximate surface area is 167 Å². The molecule has 1 aromatic rings. The Kier molecular flexibility index (Phi) is 7.19. The third kappa shape index (κ3) is 5.41. The molecule has 0 saturated carbocycles. The molecule has 2 aliphatic heterocycles. The van der Waals surface area contributed by atoms with Crippen molar-refractivity contribution in [2.75, 3.05) is 50.7 Å². The average molecular weight is 389 g/mol. The van der Waals surface area contributed by atoms with Crippen LogP contribution in [0.2, 0.25) is 0 Å². The number of aromatic nitrogens is 2. The maximum absolute atomic E-state index is 13.0. The number of hydrogen-bond acceptors (Lipinski definition) is 6. The lowest BCUT2D eigenvalue weighted by Crippen LogP contribution is -2.54. The minimum atomic E-state index is -0.00203. The first-order valence-electron chi connectivity index (χ1n) is 10.4. The van der Waals surface area contributed by atoms with E-state index in [0.717, 1.165) is 38.9 Å². The molecule has 8 heteroatoms. The zero-order valence-electron chi connectivity index (χ0n) is 17.0. The Morgan fingerprint density at radius 2 is 1.89 bits per heavy atom. The predicted molar refractivity (Wildman–Crippen MR) is 108 cm³/mol. The zero-order valence-corrected chi connectivity index (χ0v) is 17.0. The van der Waals surface area contributed by atoms with E-state index in [9.17, 15) is 9.59 Å². The molecule has 2 aliphatic rings. The quantitative estimate of drug-likeness (QED) is 0.775. The molecule has 28 heavy (non-hydrogen) atoms. The van der Waals surface area contributed by atoms with Gasteiger partial charge in [-0.3, -0.25) is 14.5 Å². The highest BCUT2D eigenvalue weighted by molar-refractivity contribution is 5.80. The van der Waals surface area contributed by atoms with Gasteiger partial charge in [-0.15, -0.1) is 0 Å². The van der Waals surface area contributed by atoms with Crippen LogP contribution in [-0.2, 0) is 9.59 Å². The van der Waals surface area contributed by atoms with E-state index in [1.54, 1.807) is 18.5 Å². The van der Waals surface area contributed by atoms with E-state index in [1.165, 1.54) is 0 Å². The van der Waals surface area contributed by atoms with Crippen molar-refractivity contribution in [2.24, 2.45) is 5.92 Å². The summed E-state index contributed by atoms with van der Waals surface area (Å²) in [7, 11) is 0. The molecular weight excluding hydrogens is 356 g/mol. The van der Waals surface area contributed by atoms with E-state index >= 15 is 0 Å². The number of anilines is 1. The summed E-state index contributed by atoms with van der Waals surface area (Å²) in [4.78, 5) is 39.9. The molecule has 1 aromatic heterocycles. The summed E-state index contributed by atoms with van der Waals surface area (Å²) in [6.45, 7) is 8.94. The topological polar surface area (TPSA) is 81.7 Å². The first kappa shape index (κ1) is 20.5. The molecule has 0 aliphatic carbocycles. The van der Waals surface area contributed by atoms with Gasteiger partial charge >= 0.3 is 0 Å². The summed E-state index contributed by atoms with van der Waals surface area (Å²) in [5, 5.41) is 3.00. The Hall–Kier alpha value is -2.22. The second-order valence-electron chi connectivity index (χ2n) is 7.81. The lowest BCUT2D eigenvalue weighted by molar-refractivity contribution is -0.137. The van der Waals surface area contributed by atoms with Crippen molar-refractivity contribution in [3.8, 4) is 0 Å².